The van der Waals surface area contributed by atoms with Crippen LogP contribution in [0.4, 0.5) is 21.5 Å². The summed E-state index contributed by atoms with van der Waals surface area (Å²) in [7, 11) is 1.66. The Bertz CT molecular complexity index is 2620. The Kier molecular flexibility index (Phi) is 14.2. The van der Waals surface area contributed by atoms with Crippen molar-refractivity contribution in [3.05, 3.63) is 119 Å². The van der Waals surface area contributed by atoms with E-state index in [9.17, 15) is 28.4 Å². The summed E-state index contributed by atoms with van der Waals surface area (Å²) >= 11 is 0. The maximum Gasteiger partial charge on any atom is 0.255 e. The zero-order valence-electron chi connectivity index (χ0n) is 38.9. The lowest BCUT2D eigenvalue weighted by Gasteiger charge is -2.39. The van der Waals surface area contributed by atoms with Gasteiger partial charge in [-0.3, -0.25) is 29.3 Å². The molecular formula is C53H59FN8O7. The Labute approximate surface area is 401 Å². The van der Waals surface area contributed by atoms with E-state index >= 15 is 0 Å². The minimum atomic E-state index is -1.18. The maximum atomic E-state index is 13.3. The van der Waals surface area contributed by atoms with Crippen LogP contribution in [-0.4, -0.2) is 116 Å². The third-order valence-corrected chi connectivity index (χ3v) is 14.3. The summed E-state index contributed by atoms with van der Waals surface area (Å²) in [6.07, 6.45) is 8.21. The van der Waals surface area contributed by atoms with Gasteiger partial charge in [-0.1, -0.05) is 12.1 Å². The number of fused-ring (bicyclic) bond motifs is 1. The molecule has 360 valence electrons. The zero-order valence-corrected chi connectivity index (χ0v) is 38.9. The highest BCUT2D eigenvalue weighted by molar-refractivity contribution is 6.17. The number of piperidine rings is 2. The number of allylic oxidation sites excluding steroid dienone is 1. The smallest absolute Gasteiger partial charge is 0.255 e. The lowest BCUT2D eigenvalue weighted by atomic mass is 9.95. The number of imide groups is 1. The third-order valence-electron chi connectivity index (χ3n) is 14.3. The van der Waals surface area contributed by atoms with Crippen LogP contribution >= 0.6 is 0 Å². The molecule has 4 aromatic carbocycles. The summed E-state index contributed by atoms with van der Waals surface area (Å²) in [4.78, 5) is 72.9. The summed E-state index contributed by atoms with van der Waals surface area (Å²) in [6, 6.07) is 23.5. The first-order valence-electron chi connectivity index (χ1n) is 24.0. The van der Waals surface area contributed by atoms with Gasteiger partial charge in [0.2, 0.25) is 23.6 Å². The van der Waals surface area contributed by atoms with Gasteiger partial charge >= 0.3 is 0 Å². The van der Waals surface area contributed by atoms with E-state index in [-0.39, 0.29) is 24.1 Å². The number of benzene rings is 4. The van der Waals surface area contributed by atoms with Crippen molar-refractivity contribution >= 4 is 58.6 Å². The minimum Gasteiger partial charge on any atom is -0.495 e. The molecule has 0 aromatic heterocycles. The van der Waals surface area contributed by atoms with Crippen LogP contribution in [0.2, 0.25) is 0 Å². The molecule has 9 rings (SSSR count). The number of methoxy groups -OCH3 is 1. The van der Waals surface area contributed by atoms with Crippen LogP contribution in [-0.2, 0) is 32.1 Å². The monoisotopic (exact) mass is 938 g/mol. The van der Waals surface area contributed by atoms with Gasteiger partial charge in [0.15, 0.2) is 0 Å². The highest BCUT2D eigenvalue weighted by Crippen LogP contribution is 2.47. The molecular weight excluding hydrogens is 880 g/mol. The Morgan fingerprint density at radius 3 is 2.19 bits per heavy atom. The Hall–Kier alpha value is -6.91. The molecule has 1 unspecified atom stereocenters. The van der Waals surface area contributed by atoms with E-state index in [0.717, 1.165) is 106 Å². The molecule has 4 fully saturated rings. The average Bonchev–Trinajstić information content (AvgIpc) is 4.12. The van der Waals surface area contributed by atoms with E-state index in [1.165, 1.54) is 30.5 Å². The molecule has 4 heterocycles. The van der Waals surface area contributed by atoms with Crippen molar-refractivity contribution < 1.29 is 37.8 Å². The van der Waals surface area contributed by atoms with Crippen LogP contribution < -0.4 is 30.3 Å². The van der Waals surface area contributed by atoms with Crippen LogP contribution in [0.25, 0.3) is 5.76 Å². The van der Waals surface area contributed by atoms with E-state index in [1.54, 1.807) is 42.4 Å². The summed E-state index contributed by atoms with van der Waals surface area (Å²) in [5.74, 6) is 0.241. The van der Waals surface area contributed by atoms with Crippen LogP contribution in [0.15, 0.2) is 91.0 Å². The van der Waals surface area contributed by atoms with Crippen molar-refractivity contribution in [2.45, 2.75) is 64.0 Å². The Morgan fingerprint density at radius 1 is 0.855 bits per heavy atom. The van der Waals surface area contributed by atoms with Crippen LogP contribution in [0.3, 0.4) is 0 Å². The molecule has 4 aliphatic heterocycles. The largest absolute Gasteiger partial charge is 0.495 e. The van der Waals surface area contributed by atoms with Crippen molar-refractivity contribution in [3.63, 3.8) is 0 Å². The molecule has 5 amide bonds. The van der Waals surface area contributed by atoms with Gasteiger partial charge < -0.3 is 45.1 Å². The van der Waals surface area contributed by atoms with Crippen molar-refractivity contribution in [1.82, 2.24) is 20.0 Å². The molecule has 3 saturated heterocycles. The maximum absolute atomic E-state index is 13.3. The first-order valence-corrected chi connectivity index (χ1v) is 24.0. The number of hydrogen-bond donors (Lipinski definition) is 4. The highest BCUT2D eigenvalue weighted by Gasteiger charge is 2.56. The molecule has 4 N–H and O–H groups in total. The number of carbonyl (C=O) groups is 5. The standard InChI is InChI=1S/C53H59FN8O7/c1-68-47-32-37(46(19-24-55)69-41-14-12-40(13-15-41)57-52(67)53(22-23-53)51(66)56-39-10-8-38(54)9-11-39)7-16-44(47)61-26-20-35(21-27-61)33-60-30-28-59(29-31-60)25-3-5-36-4-2-6-42-43(36)34-62(50(42)65)45-17-18-48(63)58-49(45)64/h2,4,6-16,19,24,32,35,45,55H,3,5,17-18,20-23,25-31,33-34H2,1H3,(H,56,66)(H,57,67)(H,58,63,64)/b46-19+,55-24?. The molecule has 0 spiro atoms. The van der Waals surface area contributed by atoms with Crippen molar-refractivity contribution in [3.8, 4) is 11.5 Å². The van der Waals surface area contributed by atoms with Gasteiger partial charge in [0, 0.05) is 87.5 Å². The summed E-state index contributed by atoms with van der Waals surface area (Å²) in [5, 5.41) is 15.8. The second-order valence-corrected chi connectivity index (χ2v) is 18.7. The fourth-order valence-electron chi connectivity index (χ4n) is 10.1. The quantitative estimate of drug-likeness (QED) is 0.0397. The summed E-state index contributed by atoms with van der Waals surface area (Å²) < 4.78 is 25.5. The van der Waals surface area contributed by atoms with Gasteiger partial charge in [-0.25, -0.2) is 4.39 Å². The van der Waals surface area contributed by atoms with Gasteiger partial charge in [-0.2, -0.15) is 0 Å². The van der Waals surface area contributed by atoms with Crippen LogP contribution in [0.5, 0.6) is 11.5 Å². The number of ether oxygens (including phenoxy) is 2. The molecule has 16 heteroatoms. The molecule has 0 radical (unpaired) electrons. The van der Waals surface area contributed by atoms with Crippen molar-refractivity contribution in [1.29, 1.82) is 5.41 Å². The van der Waals surface area contributed by atoms with E-state index in [4.69, 9.17) is 14.9 Å². The van der Waals surface area contributed by atoms with Gasteiger partial charge in [-0.15, -0.1) is 0 Å². The van der Waals surface area contributed by atoms with Gasteiger partial charge in [-0.05, 0) is 147 Å². The first kappa shape index (κ1) is 47.2. The number of amides is 5. The fraction of sp³-hybridized carbons (Fsp3) is 0.396. The second kappa shape index (κ2) is 20.8. The Balaban J connectivity index is 0.711. The van der Waals surface area contributed by atoms with Crippen LogP contribution in [0, 0.1) is 22.6 Å². The fourth-order valence-corrected chi connectivity index (χ4v) is 10.1. The second-order valence-electron chi connectivity index (χ2n) is 18.7. The lowest BCUT2D eigenvalue weighted by Crippen LogP contribution is -2.52. The number of nitrogens with one attached hydrogen (secondary N) is 4. The molecule has 1 saturated carbocycles. The van der Waals surface area contributed by atoms with Gasteiger partial charge in [0.1, 0.15) is 34.5 Å². The molecule has 69 heavy (non-hydrogen) atoms. The molecule has 5 aliphatic rings. The summed E-state index contributed by atoms with van der Waals surface area (Å²) in [6.45, 7) is 8.48. The van der Waals surface area contributed by atoms with E-state index in [1.807, 2.05) is 30.3 Å². The number of anilines is 3. The predicted molar refractivity (Wildman–Crippen MR) is 261 cm³/mol. The van der Waals surface area contributed by atoms with Crippen molar-refractivity contribution in [2.75, 3.05) is 75.0 Å². The summed E-state index contributed by atoms with van der Waals surface area (Å²) in [5.41, 5.74) is 4.35. The Morgan fingerprint density at radius 2 is 1.54 bits per heavy atom. The number of halogens is 1. The highest BCUT2D eigenvalue weighted by atomic mass is 19.1. The lowest BCUT2D eigenvalue weighted by molar-refractivity contribution is -0.137. The number of rotatable bonds is 17. The molecule has 0 bridgehead atoms. The average molecular weight is 939 g/mol. The van der Waals surface area contributed by atoms with Crippen LogP contribution in [0.1, 0.15) is 72.0 Å². The molecule has 4 aromatic rings. The van der Waals surface area contributed by atoms with E-state index < -0.39 is 29.1 Å². The molecule has 1 aliphatic carbocycles. The number of piperazine rings is 1. The minimum absolute atomic E-state index is 0.126. The number of nitrogens with zero attached hydrogens (tertiary/aromatic N) is 4. The molecule has 15 nitrogen and oxygen atoms in total. The van der Waals surface area contributed by atoms with Crippen molar-refractivity contribution in [2.24, 2.45) is 11.3 Å². The third kappa shape index (κ3) is 10.7. The zero-order chi connectivity index (χ0) is 48.1. The molecule has 1 atom stereocenters. The first-order chi connectivity index (χ1) is 33.5. The van der Waals surface area contributed by atoms with Gasteiger partial charge in [0.25, 0.3) is 5.91 Å². The number of hydrogen-bond acceptors (Lipinski definition) is 11. The predicted octanol–water partition coefficient (Wildman–Crippen LogP) is 6.49. The van der Waals surface area contributed by atoms with Gasteiger partial charge in [0.05, 0.1) is 12.8 Å². The SMILES string of the molecule is COc1cc(/C(=C\C=N)Oc2ccc(NC(=O)C3(C(=O)Nc4ccc(F)cc4)CC3)cc2)ccc1N1CCC(CN2CCN(CCCc3cccc4c3CN(C3CCC(=O)NC3=O)C4=O)CC2)CC1. The number of aryl methyl sites for hydroxylation is 1. The normalized spacial score (nSPS) is 19.7. The van der Waals surface area contributed by atoms with E-state index in [0.29, 0.717) is 60.2 Å². The number of carbonyl (C=O) groups excluding carboxylic acids is 5. The topological polar surface area (TPSA) is 177 Å². The van der Waals surface area contributed by atoms with E-state index in [2.05, 4.69) is 36.7 Å².